The number of amides is 2. The van der Waals surface area contributed by atoms with Gasteiger partial charge in [-0.05, 0) is 12.1 Å². The summed E-state index contributed by atoms with van der Waals surface area (Å²) in [5, 5.41) is 2.52. The van der Waals surface area contributed by atoms with E-state index in [0.29, 0.717) is 26.2 Å². The third-order valence-corrected chi connectivity index (χ3v) is 3.39. The predicted octanol–water partition coefficient (Wildman–Crippen LogP) is 1.07. The van der Waals surface area contributed by atoms with E-state index in [1.165, 1.54) is 13.0 Å². The van der Waals surface area contributed by atoms with Gasteiger partial charge >= 0.3 is 0 Å². The molecule has 1 aromatic carbocycles. The van der Waals surface area contributed by atoms with Crippen LogP contribution in [0.3, 0.4) is 0 Å². The molecule has 0 saturated carbocycles. The Labute approximate surface area is 121 Å². The number of hydrogen-bond acceptors (Lipinski definition) is 3. The SMILES string of the molecule is CC(=O)N1CCN(CC(=O)Nc2ccc(F)c(F)c2)CC1. The summed E-state index contributed by atoms with van der Waals surface area (Å²) < 4.78 is 25.8. The number of rotatable bonds is 3. The van der Waals surface area contributed by atoms with Crippen LogP contribution in [0.1, 0.15) is 6.92 Å². The molecule has 5 nitrogen and oxygen atoms in total. The average molecular weight is 297 g/mol. The molecule has 1 N–H and O–H groups in total. The Morgan fingerprint density at radius 3 is 2.38 bits per heavy atom. The Morgan fingerprint density at radius 1 is 1.14 bits per heavy atom. The second-order valence-electron chi connectivity index (χ2n) is 4.96. The molecule has 0 unspecified atom stereocenters. The van der Waals surface area contributed by atoms with Gasteiger partial charge in [-0.1, -0.05) is 0 Å². The molecule has 1 aromatic rings. The van der Waals surface area contributed by atoms with Crippen LogP contribution in [0.15, 0.2) is 18.2 Å². The molecule has 0 spiro atoms. The Bertz CT molecular complexity index is 543. The largest absolute Gasteiger partial charge is 0.340 e. The molecule has 0 aromatic heterocycles. The van der Waals surface area contributed by atoms with Crippen LogP contribution in [0.2, 0.25) is 0 Å². The van der Waals surface area contributed by atoms with Crippen LogP contribution < -0.4 is 5.32 Å². The summed E-state index contributed by atoms with van der Waals surface area (Å²) in [5.41, 5.74) is 0.223. The fourth-order valence-electron chi connectivity index (χ4n) is 2.20. The van der Waals surface area contributed by atoms with E-state index in [4.69, 9.17) is 0 Å². The van der Waals surface area contributed by atoms with Crippen LogP contribution in [-0.4, -0.2) is 54.3 Å². The molecule has 0 aliphatic carbocycles. The van der Waals surface area contributed by atoms with Gasteiger partial charge < -0.3 is 10.2 Å². The van der Waals surface area contributed by atoms with Gasteiger partial charge in [0, 0.05) is 44.9 Å². The molecule has 0 bridgehead atoms. The zero-order valence-electron chi connectivity index (χ0n) is 11.7. The van der Waals surface area contributed by atoms with Crippen LogP contribution in [-0.2, 0) is 9.59 Å². The number of hydrogen-bond donors (Lipinski definition) is 1. The van der Waals surface area contributed by atoms with Crippen molar-refractivity contribution in [3.05, 3.63) is 29.8 Å². The first-order chi connectivity index (χ1) is 9.95. The number of piperazine rings is 1. The zero-order chi connectivity index (χ0) is 15.4. The molecule has 0 atom stereocenters. The smallest absolute Gasteiger partial charge is 0.238 e. The van der Waals surface area contributed by atoms with Crippen molar-refractivity contribution < 1.29 is 18.4 Å². The lowest BCUT2D eigenvalue weighted by Crippen LogP contribution is -2.49. The molecule has 21 heavy (non-hydrogen) atoms. The van der Waals surface area contributed by atoms with E-state index >= 15 is 0 Å². The van der Waals surface area contributed by atoms with Crippen molar-refractivity contribution in [1.82, 2.24) is 9.80 Å². The molecule has 1 aliphatic rings. The Kier molecular flexibility index (Phi) is 4.85. The maximum absolute atomic E-state index is 13.0. The molecule has 2 rings (SSSR count). The van der Waals surface area contributed by atoms with Gasteiger partial charge in [0.25, 0.3) is 0 Å². The minimum absolute atomic E-state index is 0.0286. The highest BCUT2D eigenvalue weighted by molar-refractivity contribution is 5.92. The number of benzene rings is 1. The maximum atomic E-state index is 13.0. The second kappa shape index (κ2) is 6.62. The summed E-state index contributed by atoms with van der Waals surface area (Å²) in [5.74, 6) is -2.21. The van der Waals surface area contributed by atoms with Gasteiger partial charge in [0.2, 0.25) is 11.8 Å². The molecular formula is C14H17F2N3O2. The number of carbonyl (C=O) groups excluding carboxylic acids is 2. The number of anilines is 1. The fourth-order valence-corrected chi connectivity index (χ4v) is 2.20. The second-order valence-corrected chi connectivity index (χ2v) is 4.96. The Hall–Kier alpha value is -2.02. The summed E-state index contributed by atoms with van der Waals surface area (Å²) in [6.45, 7) is 4.09. The van der Waals surface area contributed by atoms with Gasteiger partial charge in [0.1, 0.15) is 0 Å². The zero-order valence-corrected chi connectivity index (χ0v) is 11.7. The highest BCUT2D eigenvalue weighted by Gasteiger charge is 2.20. The average Bonchev–Trinajstić information content (AvgIpc) is 2.43. The molecule has 7 heteroatoms. The number of nitrogens with zero attached hydrogens (tertiary/aromatic N) is 2. The van der Waals surface area contributed by atoms with Crippen molar-refractivity contribution in [2.75, 3.05) is 38.0 Å². The van der Waals surface area contributed by atoms with Crippen molar-refractivity contribution >= 4 is 17.5 Å². The summed E-state index contributed by atoms with van der Waals surface area (Å²) in [6.07, 6.45) is 0. The summed E-state index contributed by atoms with van der Waals surface area (Å²) >= 11 is 0. The molecule has 1 saturated heterocycles. The predicted molar refractivity (Wildman–Crippen MR) is 73.7 cm³/mol. The highest BCUT2D eigenvalue weighted by atomic mass is 19.2. The molecule has 1 fully saturated rings. The van der Waals surface area contributed by atoms with Gasteiger partial charge in [0.15, 0.2) is 11.6 Å². The van der Waals surface area contributed by atoms with Crippen LogP contribution in [0.4, 0.5) is 14.5 Å². The van der Waals surface area contributed by atoms with Gasteiger partial charge in [-0.2, -0.15) is 0 Å². The molecule has 1 aliphatic heterocycles. The number of halogens is 2. The molecule has 114 valence electrons. The number of carbonyl (C=O) groups is 2. The van der Waals surface area contributed by atoms with E-state index in [9.17, 15) is 18.4 Å². The van der Waals surface area contributed by atoms with Gasteiger partial charge in [-0.3, -0.25) is 14.5 Å². The monoisotopic (exact) mass is 297 g/mol. The van der Waals surface area contributed by atoms with Crippen molar-refractivity contribution in [3.8, 4) is 0 Å². The van der Waals surface area contributed by atoms with Crippen molar-refractivity contribution in [2.45, 2.75) is 6.92 Å². The van der Waals surface area contributed by atoms with Crippen molar-refractivity contribution in [3.63, 3.8) is 0 Å². The Balaban J connectivity index is 1.82. The third-order valence-electron chi connectivity index (χ3n) is 3.39. The third kappa shape index (κ3) is 4.22. The Morgan fingerprint density at radius 2 is 1.81 bits per heavy atom. The maximum Gasteiger partial charge on any atom is 0.238 e. The van der Waals surface area contributed by atoms with Crippen molar-refractivity contribution in [2.24, 2.45) is 0 Å². The van der Waals surface area contributed by atoms with E-state index < -0.39 is 11.6 Å². The van der Waals surface area contributed by atoms with Gasteiger partial charge in [0.05, 0.1) is 6.54 Å². The lowest BCUT2D eigenvalue weighted by molar-refractivity contribution is -0.130. The van der Waals surface area contributed by atoms with E-state index in [1.54, 1.807) is 4.90 Å². The van der Waals surface area contributed by atoms with Gasteiger partial charge in [-0.25, -0.2) is 8.78 Å². The van der Waals surface area contributed by atoms with Gasteiger partial charge in [-0.15, -0.1) is 0 Å². The van der Waals surface area contributed by atoms with Crippen LogP contribution in [0.5, 0.6) is 0 Å². The first kappa shape index (κ1) is 15.4. The highest BCUT2D eigenvalue weighted by Crippen LogP contribution is 2.13. The summed E-state index contributed by atoms with van der Waals surface area (Å²) in [6, 6.07) is 3.22. The van der Waals surface area contributed by atoms with E-state index in [-0.39, 0.29) is 24.0 Å². The van der Waals surface area contributed by atoms with Crippen LogP contribution in [0, 0.1) is 11.6 Å². The van der Waals surface area contributed by atoms with Crippen LogP contribution in [0.25, 0.3) is 0 Å². The minimum Gasteiger partial charge on any atom is -0.340 e. The fraction of sp³-hybridized carbons (Fsp3) is 0.429. The molecule has 2 amide bonds. The summed E-state index contributed by atoms with van der Waals surface area (Å²) in [4.78, 5) is 26.7. The first-order valence-corrected chi connectivity index (χ1v) is 6.68. The van der Waals surface area contributed by atoms with Crippen LogP contribution >= 0.6 is 0 Å². The minimum atomic E-state index is -0.997. The van der Waals surface area contributed by atoms with E-state index in [1.807, 2.05) is 4.90 Å². The molecular weight excluding hydrogens is 280 g/mol. The molecule has 1 heterocycles. The normalized spacial score (nSPS) is 15.9. The standard InChI is InChI=1S/C14H17F2N3O2/c1-10(20)19-6-4-18(5-7-19)9-14(21)17-11-2-3-12(15)13(16)8-11/h2-3,8H,4-7,9H2,1H3,(H,17,21). The van der Waals surface area contributed by atoms with E-state index in [0.717, 1.165) is 12.1 Å². The van der Waals surface area contributed by atoms with E-state index in [2.05, 4.69) is 5.32 Å². The van der Waals surface area contributed by atoms with Crippen molar-refractivity contribution in [1.29, 1.82) is 0 Å². The lowest BCUT2D eigenvalue weighted by atomic mass is 10.3. The number of nitrogens with one attached hydrogen (secondary N) is 1. The quantitative estimate of drug-likeness (QED) is 0.908. The molecule has 0 radical (unpaired) electrons. The first-order valence-electron chi connectivity index (χ1n) is 6.68. The topological polar surface area (TPSA) is 52.7 Å². The lowest BCUT2D eigenvalue weighted by Gasteiger charge is -2.33. The summed E-state index contributed by atoms with van der Waals surface area (Å²) in [7, 11) is 0.